The van der Waals surface area contributed by atoms with Gasteiger partial charge in [0.05, 0.1) is 24.0 Å². The molecular formula is C18H21N7OS. The van der Waals surface area contributed by atoms with Crippen molar-refractivity contribution in [1.29, 1.82) is 0 Å². The van der Waals surface area contributed by atoms with E-state index in [1.54, 1.807) is 0 Å². The first-order valence-electron chi connectivity index (χ1n) is 8.89. The SMILES string of the molecule is Cc1cc(N2CCN(CC(=O)Nc3cccc4nsnc34)CC2)nc(C)n1. The summed E-state index contributed by atoms with van der Waals surface area (Å²) in [6.45, 7) is 7.58. The summed E-state index contributed by atoms with van der Waals surface area (Å²) < 4.78 is 8.46. The van der Waals surface area contributed by atoms with E-state index in [9.17, 15) is 4.79 Å². The number of carbonyl (C=O) groups is 1. The fourth-order valence-electron chi connectivity index (χ4n) is 3.29. The summed E-state index contributed by atoms with van der Waals surface area (Å²) in [4.78, 5) is 25.7. The number of hydrogen-bond donors (Lipinski definition) is 1. The Morgan fingerprint density at radius 2 is 1.96 bits per heavy atom. The molecule has 0 unspecified atom stereocenters. The third kappa shape index (κ3) is 4.04. The van der Waals surface area contributed by atoms with E-state index in [1.165, 1.54) is 0 Å². The minimum absolute atomic E-state index is 0.0299. The van der Waals surface area contributed by atoms with Crippen LogP contribution in [0.2, 0.25) is 0 Å². The first kappa shape index (κ1) is 17.7. The lowest BCUT2D eigenvalue weighted by Gasteiger charge is -2.35. The van der Waals surface area contributed by atoms with Crippen LogP contribution in [0, 0.1) is 13.8 Å². The number of benzene rings is 1. The van der Waals surface area contributed by atoms with Crippen LogP contribution in [0.5, 0.6) is 0 Å². The lowest BCUT2D eigenvalue weighted by molar-refractivity contribution is -0.117. The quantitative estimate of drug-likeness (QED) is 0.736. The summed E-state index contributed by atoms with van der Waals surface area (Å²) in [6.07, 6.45) is 0. The zero-order valence-electron chi connectivity index (χ0n) is 15.3. The molecule has 1 N–H and O–H groups in total. The molecule has 1 saturated heterocycles. The summed E-state index contributed by atoms with van der Waals surface area (Å²) in [5, 5.41) is 2.97. The van der Waals surface area contributed by atoms with Gasteiger partial charge >= 0.3 is 0 Å². The molecule has 0 saturated carbocycles. The monoisotopic (exact) mass is 383 g/mol. The van der Waals surface area contributed by atoms with Crippen molar-refractivity contribution in [1.82, 2.24) is 23.6 Å². The minimum atomic E-state index is -0.0299. The van der Waals surface area contributed by atoms with Gasteiger partial charge in [0.2, 0.25) is 5.91 Å². The highest BCUT2D eigenvalue weighted by Gasteiger charge is 2.21. The maximum Gasteiger partial charge on any atom is 0.238 e. The fourth-order valence-corrected chi connectivity index (χ4v) is 3.84. The van der Waals surface area contributed by atoms with Crippen LogP contribution in [-0.4, -0.2) is 62.2 Å². The van der Waals surface area contributed by atoms with Crippen LogP contribution in [0.3, 0.4) is 0 Å². The molecule has 0 spiro atoms. The molecule has 8 nitrogen and oxygen atoms in total. The Bertz CT molecular complexity index is 945. The van der Waals surface area contributed by atoms with Crippen molar-refractivity contribution < 1.29 is 4.79 Å². The van der Waals surface area contributed by atoms with E-state index in [2.05, 4.69) is 33.8 Å². The zero-order chi connectivity index (χ0) is 18.8. The molecule has 1 fully saturated rings. The van der Waals surface area contributed by atoms with Gasteiger partial charge in [-0.25, -0.2) is 9.97 Å². The Balaban J connectivity index is 1.33. The third-order valence-corrected chi connectivity index (χ3v) is 5.12. The van der Waals surface area contributed by atoms with Crippen molar-refractivity contribution in [3.63, 3.8) is 0 Å². The van der Waals surface area contributed by atoms with Crippen molar-refractivity contribution in [3.8, 4) is 0 Å². The van der Waals surface area contributed by atoms with Crippen molar-refractivity contribution in [2.45, 2.75) is 13.8 Å². The Labute approximate surface area is 161 Å². The topological polar surface area (TPSA) is 87.1 Å². The number of aryl methyl sites for hydroxylation is 2. The van der Waals surface area contributed by atoms with Crippen LogP contribution in [0.1, 0.15) is 11.5 Å². The number of hydrogen-bond acceptors (Lipinski definition) is 8. The van der Waals surface area contributed by atoms with Crippen molar-refractivity contribution in [2.24, 2.45) is 0 Å². The highest BCUT2D eigenvalue weighted by molar-refractivity contribution is 7.00. The van der Waals surface area contributed by atoms with Crippen molar-refractivity contribution in [3.05, 3.63) is 35.8 Å². The molecule has 0 radical (unpaired) electrons. The maximum atomic E-state index is 12.5. The number of rotatable bonds is 4. The van der Waals surface area contributed by atoms with Gasteiger partial charge < -0.3 is 10.2 Å². The average molecular weight is 383 g/mol. The molecule has 4 rings (SSSR count). The smallest absolute Gasteiger partial charge is 0.238 e. The minimum Gasteiger partial charge on any atom is -0.354 e. The molecule has 0 atom stereocenters. The number of anilines is 2. The van der Waals surface area contributed by atoms with Gasteiger partial charge in [0.1, 0.15) is 22.7 Å². The molecule has 1 aliphatic rings. The van der Waals surface area contributed by atoms with Crippen LogP contribution in [0.4, 0.5) is 11.5 Å². The number of nitrogens with one attached hydrogen (secondary N) is 1. The van der Waals surface area contributed by atoms with Gasteiger partial charge in [-0.2, -0.15) is 8.75 Å². The van der Waals surface area contributed by atoms with Crippen LogP contribution < -0.4 is 10.2 Å². The molecule has 3 heterocycles. The predicted octanol–water partition coefficient (Wildman–Crippen LogP) is 1.86. The normalized spacial score (nSPS) is 15.3. The summed E-state index contributed by atoms with van der Waals surface area (Å²) in [7, 11) is 0. The molecular weight excluding hydrogens is 362 g/mol. The van der Waals surface area contributed by atoms with E-state index < -0.39 is 0 Å². The van der Waals surface area contributed by atoms with Crippen molar-refractivity contribution in [2.75, 3.05) is 42.9 Å². The Kier molecular flexibility index (Phi) is 4.95. The predicted molar refractivity (Wildman–Crippen MR) is 106 cm³/mol. The van der Waals surface area contributed by atoms with E-state index in [0.29, 0.717) is 6.54 Å². The van der Waals surface area contributed by atoms with E-state index >= 15 is 0 Å². The van der Waals surface area contributed by atoms with Crippen LogP contribution in [0.25, 0.3) is 11.0 Å². The van der Waals surface area contributed by atoms with Gasteiger partial charge in [-0.05, 0) is 26.0 Å². The second-order valence-corrected chi connectivity index (χ2v) is 7.19. The van der Waals surface area contributed by atoms with E-state index in [1.807, 2.05) is 38.1 Å². The highest BCUT2D eigenvalue weighted by atomic mass is 32.1. The first-order valence-corrected chi connectivity index (χ1v) is 9.62. The molecule has 1 amide bonds. The lowest BCUT2D eigenvalue weighted by atomic mass is 10.2. The first-order chi connectivity index (χ1) is 13.1. The summed E-state index contributed by atoms with van der Waals surface area (Å²) >= 11 is 1.15. The second-order valence-electron chi connectivity index (χ2n) is 6.66. The number of fused-ring (bicyclic) bond motifs is 1. The summed E-state index contributed by atoms with van der Waals surface area (Å²) in [5.41, 5.74) is 3.25. The molecule has 0 bridgehead atoms. The largest absolute Gasteiger partial charge is 0.354 e. The lowest BCUT2D eigenvalue weighted by Crippen LogP contribution is -2.49. The maximum absolute atomic E-state index is 12.5. The van der Waals surface area contributed by atoms with Gasteiger partial charge in [-0.3, -0.25) is 9.69 Å². The molecule has 1 aromatic carbocycles. The third-order valence-electron chi connectivity index (χ3n) is 4.58. The molecule has 2 aromatic heterocycles. The molecule has 3 aromatic rings. The highest BCUT2D eigenvalue weighted by Crippen LogP contribution is 2.21. The number of carbonyl (C=O) groups excluding carboxylic acids is 1. The Morgan fingerprint density at radius 1 is 1.15 bits per heavy atom. The summed E-state index contributed by atoms with van der Waals surface area (Å²) in [6, 6.07) is 7.64. The van der Waals surface area contributed by atoms with E-state index in [-0.39, 0.29) is 5.91 Å². The fraction of sp³-hybridized carbons (Fsp3) is 0.389. The van der Waals surface area contributed by atoms with Crippen LogP contribution >= 0.6 is 11.7 Å². The molecule has 0 aliphatic carbocycles. The molecule has 27 heavy (non-hydrogen) atoms. The van der Waals surface area contributed by atoms with Gasteiger partial charge in [0.25, 0.3) is 0 Å². The number of piperazine rings is 1. The van der Waals surface area contributed by atoms with Crippen LogP contribution in [-0.2, 0) is 4.79 Å². The summed E-state index contributed by atoms with van der Waals surface area (Å²) in [5.74, 6) is 1.72. The molecule has 140 valence electrons. The van der Waals surface area contributed by atoms with Gasteiger partial charge in [-0.1, -0.05) is 6.07 Å². The van der Waals surface area contributed by atoms with Gasteiger partial charge in [-0.15, -0.1) is 0 Å². The number of nitrogens with zero attached hydrogens (tertiary/aromatic N) is 6. The van der Waals surface area contributed by atoms with Gasteiger partial charge in [0.15, 0.2) is 0 Å². The number of aromatic nitrogens is 4. The van der Waals surface area contributed by atoms with E-state index in [0.717, 1.165) is 72.0 Å². The van der Waals surface area contributed by atoms with Crippen LogP contribution in [0.15, 0.2) is 24.3 Å². The van der Waals surface area contributed by atoms with E-state index in [4.69, 9.17) is 0 Å². The average Bonchev–Trinajstić information content (AvgIpc) is 3.11. The number of amides is 1. The Morgan fingerprint density at radius 3 is 2.74 bits per heavy atom. The molecule has 9 heteroatoms. The Hall–Kier alpha value is -2.65. The van der Waals surface area contributed by atoms with Gasteiger partial charge in [0, 0.05) is 37.9 Å². The zero-order valence-corrected chi connectivity index (χ0v) is 16.2. The standard InChI is InChI=1S/C18H21N7OS/c1-12-10-16(20-13(2)19-12)25-8-6-24(7-9-25)11-17(26)21-14-4-3-5-15-18(14)23-27-22-15/h3-5,10H,6-9,11H2,1-2H3,(H,21,26). The second kappa shape index (κ2) is 7.53. The molecule has 1 aliphatic heterocycles. The van der Waals surface area contributed by atoms with Crippen molar-refractivity contribution >= 4 is 40.2 Å².